The van der Waals surface area contributed by atoms with Crippen molar-refractivity contribution < 1.29 is 18.4 Å². The lowest BCUT2D eigenvalue weighted by Gasteiger charge is -2.27. The molecule has 22 heavy (non-hydrogen) atoms. The summed E-state index contributed by atoms with van der Waals surface area (Å²) >= 11 is 0. The van der Waals surface area contributed by atoms with Crippen LogP contribution < -0.4 is 5.32 Å². The molecule has 0 aromatic heterocycles. The lowest BCUT2D eigenvalue weighted by Crippen LogP contribution is -2.45. The molecule has 2 aromatic carbocycles. The first-order chi connectivity index (χ1) is 10.4. The molecule has 1 atom stereocenters. The predicted molar refractivity (Wildman–Crippen MR) is 74.9 cm³/mol. The Hall–Kier alpha value is -2.76. The zero-order chi connectivity index (χ0) is 15.9. The number of imide groups is 1. The molecule has 0 bridgehead atoms. The molecule has 1 saturated heterocycles. The second-order valence-corrected chi connectivity index (χ2v) is 5.07. The monoisotopic (exact) mass is 302 g/mol. The van der Waals surface area contributed by atoms with E-state index >= 15 is 0 Å². The molecule has 3 amide bonds. The van der Waals surface area contributed by atoms with Crippen LogP contribution in [0.2, 0.25) is 0 Å². The number of carbonyl (C=O) groups excluding carboxylic acids is 2. The van der Waals surface area contributed by atoms with Crippen LogP contribution in [0.3, 0.4) is 0 Å². The van der Waals surface area contributed by atoms with E-state index in [4.69, 9.17) is 0 Å². The highest BCUT2D eigenvalue weighted by molar-refractivity contribution is 6.09. The van der Waals surface area contributed by atoms with Crippen molar-refractivity contribution in [3.63, 3.8) is 0 Å². The van der Waals surface area contributed by atoms with Crippen LogP contribution in [0.5, 0.6) is 0 Å². The third kappa shape index (κ3) is 1.95. The fourth-order valence-electron chi connectivity index (χ4n) is 2.66. The lowest BCUT2D eigenvalue weighted by molar-refractivity contribution is -0.129. The molecular weight excluding hydrogens is 290 g/mol. The van der Waals surface area contributed by atoms with Crippen LogP contribution in [-0.2, 0) is 10.3 Å². The van der Waals surface area contributed by atoms with Crippen molar-refractivity contribution >= 4 is 11.9 Å². The molecule has 1 heterocycles. The average molecular weight is 302 g/mol. The summed E-state index contributed by atoms with van der Waals surface area (Å²) in [6.07, 6.45) is 0. The second-order valence-electron chi connectivity index (χ2n) is 5.07. The maximum absolute atomic E-state index is 13.6. The van der Waals surface area contributed by atoms with Gasteiger partial charge in [-0.1, -0.05) is 30.3 Å². The third-order valence-electron chi connectivity index (χ3n) is 3.73. The number of rotatable bonds is 2. The van der Waals surface area contributed by atoms with Crippen LogP contribution in [0.1, 0.15) is 11.1 Å². The van der Waals surface area contributed by atoms with Gasteiger partial charge in [0.05, 0.1) is 0 Å². The van der Waals surface area contributed by atoms with Crippen molar-refractivity contribution in [2.75, 3.05) is 7.05 Å². The maximum Gasteiger partial charge on any atom is 0.325 e. The van der Waals surface area contributed by atoms with Crippen LogP contribution in [0.4, 0.5) is 13.6 Å². The number of hydrogen-bond donors (Lipinski definition) is 1. The summed E-state index contributed by atoms with van der Waals surface area (Å²) in [6.45, 7) is 0. The normalized spacial score (nSPS) is 21.1. The van der Waals surface area contributed by atoms with E-state index in [2.05, 4.69) is 5.32 Å². The second kappa shape index (κ2) is 4.91. The van der Waals surface area contributed by atoms with E-state index in [0.717, 1.165) is 17.0 Å². The zero-order valence-electron chi connectivity index (χ0n) is 11.6. The van der Waals surface area contributed by atoms with Crippen LogP contribution in [0.15, 0.2) is 48.5 Å². The van der Waals surface area contributed by atoms with Crippen molar-refractivity contribution in [1.82, 2.24) is 10.2 Å². The van der Waals surface area contributed by atoms with E-state index < -0.39 is 29.1 Å². The molecule has 1 fully saturated rings. The summed E-state index contributed by atoms with van der Waals surface area (Å²) < 4.78 is 27.2. The number of amides is 3. The van der Waals surface area contributed by atoms with Crippen molar-refractivity contribution in [3.8, 4) is 0 Å². The molecule has 0 spiro atoms. The van der Waals surface area contributed by atoms with E-state index in [-0.39, 0.29) is 5.56 Å². The van der Waals surface area contributed by atoms with Gasteiger partial charge in [0.1, 0.15) is 11.6 Å². The van der Waals surface area contributed by atoms with Crippen molar-refractivity contribution in [2.45, 2.75) is 5.54 Å². The Labute approximate surface area is 125 Å². The minimum absolute atomic E-state index is 0.0406. The minimum atomic E-state index is -1.63. The van der Waals surface area contributed by atoms with Gasteiger partial charge in [0.15, 0.2) is 5.54 Å². The number of benzene rings is 2. The smallest absolute Gasteiger partial charge is 0.316 e. The van der Waals surface area contributed by atoms with E-state index in [1.54, 1.807) is 30.3 Å². The van der Waals surface area contributed by atoms with Gasteiger partial charge in [-0.25, -0.2) is 13.6 Å². The number of likely N-dealkylation sites (N-methyl/N-ethyl adjacent to an activating group) is 1. The summed E-state index contributed by atoms with van der Waals surface area (Å²) in [6, 6.07) is 10.6. The largest absolute Gasteiger partial charge is 0.325 e. The summed E-state index contributed by atoms with van der Waals surface area (Å²) in [7, 11) is 1.32. The molecular formula is C16H12F2N2O2. The van der Waals surface area contributed by atoms with Crippen molar-refractivity contribution in [1.29, 1.82) is 0 Å². The topological polar surface area (TPSA) is 49.4 Å². The predicted octanol–water partition coefficient (Wildman–Crippen LogP) is 2.39. The van der Waals surface area contributed by atoms with Gasteiger partial charge in [0.25, 0.3) is 5.91 Å². The van der Waals surface area contributed by atoms with Gasteiger partial charge < -0.3 is 5.32 Å². The Bertz CT molecular complexity index is 744. The molecule has 112 valence electrons. The summed E-state index contributed by atoms with van der Waals surface area (Å²) in [4.78, 5) is 25.5. The van der Waals surface area contributed by atoms with E-state index in [1.807, 2.05) is 0 Å². The van der Waals surface area contributed by atoms with Gasteiger partial charge in [-0.15, -0.1) is 0 Å². The first-order valence-corrected chi connectivity index (χ1v) is 6.57. The van der Waals surface area contributed by atoms with Gasteiger partial charge >= 0.3 is 6.03 Å². The number of nitrogens with one attached hydrogen (secondary N) is 1. The first-order valence-electron chi connectivity index (χ1n) is 6.57. The average Bonchev–Trinajstić information content (AvgIpc) is 2.72. The van der Waals surface area contributed by atoms with Gasteiger partial charge in [-0.2, -0.15) is 0 Å². The number of halogens is 2. The molecule has 1 aliphatic rings. The summed E-state index contributed by atoms with van der Waals surface area (Å²) in [5.41, 5.74) is -1.16. The lowest BCUT2D eigenvalue weighted by atomic mass is 9.82. The highest BCUT2D eigenvalue weighted by Crippen LogP contribution is 2.36. The fraction of sp³-hybridized carbons (Fsp3) is 0.125. The number of nitrogens with zero attached hydrogens (tertiary/aromatic N) is 1. The van der Waals surface area contributed by atoms with Gasteiger partial charge in [-0.05, 0) is 23.3 Å². The Morgan fingerprint density at radius 2 is 1.55 bits per heavy atom. The molecule has 3 rings (SSSR count). The molecule has 2 aromatic rings. The van der Waals surface area contributed by atoms with E-state index in [9.17, 15) is 18.4 Å². The first kappa shape index (κ1) is 14.2. The number of urea groups is 1. The van der Waals surface area contributed by atoms with Gasteiger partial charge in [0, 0.05) is 13.1 Å². The Morgan fingerprint density at radius 1 is 0.955 bits per heavy atom. The molecule has 6 heteroatoms. The van der Waals surface area contributed by atoms with Crippen LogP contribution >= 0.6 is 0 Å². The molecule has 1 N–H and O–H groups in total. The van der Waals surface area contributed by atoms with E-state index in [1.165, 1.54) is 7.05 Å². The fourth-order valence-corrected chi connectivity index (χ4v) is 2.66. The summed E-state index contributed by atoms with van der Waals surface area (Å²) in [5.74, 6) is -2.22. The van der Waals surface area contributed by atoms with Crippen molar-refractivity contribution in [2.24, 2.45) is 0 Å². The quantitative estimate of drug-likeness (QED) is 0.866. The third-order valence-corrected chi connectivity index (χ3v) is 3.73. The summed E-state index contributed by atoms with van der Waals surface area (Å²) in [5, 5.41) is 2.56. The number of carbonyl (C=O) groups is 2. The maximum atomic E-state index is 13.6. The molecule has 4 nitrogen and oxygen atoms in total. The van der Waals surface area contributed by atoms with Crippen molar-refractivity contribution in [3.05, 3.63) is 71.3 Å². The molecule has 0 radical (unpaired) electrons. The molecule has 0 aliphatic carbocycles. The SMILES string of the molecule is CN1C(=O)NC(c2ccccc2)(c2cc(F)cc(F)c2)C1=O. The Morgan fingerprint density at radius 3 is 2.05 bits per heavy atom. The highest BCUT2D eigenvalue weighted by atomic mass is 19.1. The van der Waals surface area contributed by atoms with Crippen LogP contribution in [-0.4, -0.2) is 23.9 Å². The Balaban J connectivity index is 2.29. The molecule has 1 aliphatic heterocycles. The number of hydrogen-bond acceptors (Lipinski definition) is 2. The van der Waals surface area contributed by atoms with Crippen LogP contribution in [0, 0.1) is 11.6 Å². The van der Waals surface area contributed by atoms with Gasteiger partial charge in [-0.3, -0.25) is 9.69 Å². The van der Waals surface area contributed by atoms with Crippen LogP contribution in [0.25, 0.3) is 0 Å². The minimum Gasteiger partial charge on any atom is -0.316 e. The van der Waals surface area contributed by atoms with E-state index in [0.29, 0.717) is 11.6 Å². The van der Waals surface area contributed by atoms with Gasteiger partial charge in [0.2, 0.25) is 0 Å². The molecule has 0 saturated carbocycles. The molecule has 1 unspecified atom stereocenters. The highest BCUT2D eigenvalue weighted by Gasteiger charge is 2.52. The zero-order valence-corrected chi connectivity index (χ0v) is 11.6. The standard InChI is InChI=1S/C16H12F2N2O2/c1-20-14(21)16(19-15(20)22,10-5-3-2-4-6-10)11-7-12(17)9-13(18)8-11/h2-9H,1H3,(H,19,22). The Kier molecular flexibility index (Phi) is 3.16.